The number of benzene rings is 2. The molecule has 0 bridgehead atoms. The zero-order valence-corrected chi connectivity index (χ0v) is 13.0. The largest absolute Gasteiger partial charge is 0.351 e. The van der Waals surface area contributed by atoms with Crippen LogP contribution in [0.2, 0.25) is 0 Å². The normalized spacial score (nSPS) is 10.8. The van der Waals surface area contributed by atoms with Gasteiger partial charge in [-0.3, -0.25) is 9.88 Å². The van der Waals surface area contributed by atoms with E-state index < -0.39 is 17.7 Å². The minimum absolute atomic E-state index is 0.0953. The monoisotopic (exact) mass is 327 g/mol. The number of aryl methyl sites for hydroxylation is 1. The summed E-state index contributed by atoms with van der Waals surface area (Å²) in [6, 6.07) is 9.71. The van der Waals surface area contributed by atoms with Crippen LogP contribution in [0.4, 0.5) is 19.3 Å². The van der Waals surface area contributed by atoms with Crippen molar-refractivity contribution in [2.45, 2.75) is 13.5 Å². The van der Waals surface area contributed by atoms with Crippen LogP contribution >= 0.6 is 0 Å². The van der Waals surface area contributed by atoms with Crippen molar-refractivity contribution in [1.29, 1.82) is 0 Å². The van der Waals surface area contributed by atoms with Crippen LogP contribution in [0.1, 0.15) is 11.3 Å². The Labute approximate surface area is 137 Å². The van der Waals surface area contributed by atoms with Crippen molar-refractivity contribution >= 4 is 22.5 Å². The third-order valence-corrected chi connectivity index (χ3v) is 3.78. The summed E-state index contributed by atoms with van der Waals surface area (Å²) in [5.41, 5.74) is 7.01. The Hall–Kier alpha value is -3.02. The van der Waals surface area contributed by atoms with Crippen LogP contribution in [-0.2, 0) is 6.54 Å². The summed E-state index contributed by atoms with van der Waals surface area (Å²) in [5.74, 6) is -1.40. The van der Waals surface area contributed by atoms with Crippen LogP contribution in [0.25, 0.3) is 10.8 Å². The number of rotatable bonds is 3. The molecular weight excluding hydrogens is 312 g/mol. The van der Waals surface area contributed by atoms with Gasteiger partial charge in [-0.25, -0.2) is 13.6 Å². The molecule has 2 N–H and O–H groups in total. The molecule has 1 aromatic heterocycles. The van der Waals surface area contributed by atoms with Crippen LogP contribution in [0.15, 0.2) is 48.7 Å². The van der Waals surface area contributed by atoms with E-state index in [-0.39, 0.29) is 12.1 Å². The number of aromatic nitrogens is 1. The van der Waals surface area contributed by atoms with Crippen molar-refractivity contribution in [3.63, 3.8) is 0 Å². The molecule has 0 spiro atoms. The van der Waals surface area contributed by atoms with E-state index in [1.165, 1.54) is 11.0 Å². The number of carbonyl (C=O) groups excluding carboxylic acids is 1. The third kappa shape index (κ3) is 3.03. The summed E-state index contributed by atoms with van der Waals surface area (Å²) >= 11 is 0. The predicted molar refractivity (Wildman–Crippen MR) is 88.6 cm³/mol. The predicted octanol–water partition coefficient (Wildman–Crippen LogP) is 3.91. The van der Waals surface area contributed by atoms with Crippen molar-refractivity contribution < 1.29 is 13.6 Å². The fourth-order valence-corrected chi connectivity index (χ4v) is 2.60. The highest BCUT2D eigenvalue weighted by Crippen LogP contribution is 2.28. The van der Waals surface area contributed by atoms with Crippen molar-refractivity contribution in [2.75, 3.05) is 4.90 Å². The first-order chi connectivity index (χ1) is 11.5. The lowest BCUT2D eigenvalue weighted by molar-refractivity contribution is 0.253. The van der Waals surface area contributed by atoms with Crippen molar-refractivity contribution in [3.05, 3.63) is 71.6 Å². The Morgan fingerprint density at radius 3 is 2.71 bits per heavy atom. The van der Waals surface area contributed by atoms with E-state index in [1.54, 1.807) is 18.3 Å². The van der Waals surface area contributed by atoms with E-state index in [9.17, 15) is 13.6 Å². The van der Waals surface area contributed by atoms with Gasteiger partial charge in [0, 0.05) is 34.3 Å². The molecule has 0 atom stereocenters. The number of pyridine rings is 1. The summed E-state index contributed by atoms with van der Waals surface area (Å²) in [5, 5.41) is 1.62. The van der Waals surface area contributed by atoms with Crippen molar-refractivity contribution in [1.82, 2.24) is 4.98 Å². The molecule has 0 aliphatic rings. The Morgan fingerprint density at radius 1 is 1.21 bits per heavy atom. The molecule has 1 heterocycles. The third-order valence-electron chi connectivity index (χ3n) is 3.78. The van der Waals surface area contributed by atoms with E-state index in [0.717, 1.165) is 28.6 Å². The maximum absolute atomic E-state index is 13.9. The molecule has 0 radical (unpaired) electrons. The number of halogens is 2. The lowest BCUT2D eigenvalue weighted by Crippen LogP contribution is -2.35. The van der Waals surface area contributed by atoms with Gasteiger partial charge in [-0.2, -0.15) is 0 Å². The fourth-order valence-electron chi connectivity index (χ4n) is 2.60. The molecule has 0 unspecified atom stereocenters. The van der Waals surface area contributed by atoms with Crippen LogP contribution in [-0.4, -0.2) is 11.0 Å². The molecule has 4 nitrogen and oxygen atoms in total. The first-order valence-corrected chi connectivity index (χ1v) is 7.32. The average molecular weight is 327 g/mol. The van der Waals surface area contributed by atoms with Crippen molar-refractivity contribution in [2.24, 2.45) is 5.73 Å². The van der Waals surface area contributed by atoms with Crippen LogP contribution in [0, 0.1) is 18.6 Å². The van der Waals surface area contributed by atoms with Crippen LogP contribution < -0.4 is 10.6 Å². The number of carbonyl (C=O) groups is 1. The first-order valence-electron chi connectivity index (χ1n) is 7.32. The lowest BCUT2D eigenvalue weighted by Gasteiger charge is -2.22. The van der Waals surface area contributed by atoms with E-state index in [1.807, 2.05) is 19.1 Å². The molecule has 6 heteroatoms. The minimum atomic E-state index is -0.723. The number of hydrogen-bond donors (Lipinski definition) is 1. The Bertz CT molecular complexity index is 927. The van der Waals surface area contributed by atoms with Gasteiger partial charge in [-0.15, -0.1) is 0 Å². The molecule has 3 aromatic rings. The van der Waals surface area contributed by atoms with Gasteiger partial charge < -0.3 is 5.73 Å². The number of urea groups is 1. The molecule has 3 rings (SSSR count). The van der Waals surface area contributed by atoms with E-state index in [2.05, 4.69) is 4.98 Å². The number of primary amides is 1. The molecular formula is C18H15F2N3O. The topological polar surface area (TPSA) is 59.2 Å². The number of nitrogens with zero attached hydrogens (tertiary/aromatic N) is 2. The maximum atomic E-state index is 13.9. The summed E-state index contributed by atoms with van der Waals surface area (Å²) in [4.78, 5) is 17.4. The molecule has 0 aliphatic heterocycles. The molecule has 24 heavy (non-hydrogen) atoms. The second-order valence-corrected chi connectivity index (χ2v) is 5.48. The highest BCUT2D eigenvalue weighted by atomic mass is 19.1. The summed E-state index contributed by atoms with van der Waals surface area (Å²) in [6.07, 6.45) is 1.70. The average Bonchev–Trinajstić information content (AvgIpc) is 2.53. The van der Waals surface area contributed by atoms with Gasteiger partial charge in [0.2, 0.25) is 0 Å². The highest BCUT2D eigenvalue weighted by molar-refractivity contribution is 6.02. The second kappa shape index (κ2) is 6.23. The van der Waals surface area contributed by atoms with E-state index in [4.69, 9.17) is 5.73 Å². The number of fused-ring (bicyclic) bond motifs is 1. The van der Waals surface area contributed by atoms with E-state index >= 15 is 0 Å². The lowest BCUT2D eigenvalue weighted by atomic mass is 10.1. The van der Waals surface area contributed by atoms with Crippen molar-refractivity contribution in [3.8, 4) is 0 Å². The SMILES string of the molecule is Cc1cc2c(N(Cc3ccc(F)cc3F)C(N)=O)cccc2cn1. The zero-order chi connectivity index (χ0) is 17.3. The van der Waals surface area contributed by atoms with Gasteiger partial charge in [-0.1, -0.05) is 18.2 Å². The number of anilines is 1. The molecule has 0 saturated heterocycles. The Morgan fingerprint density at radius 2 is 2.00 bits per heavy atom. The molecule has 2 aromatic carbocycles. The fraction of sp³-hybridized carbons (Fsp3) is 0.111. The van der Waals surface area contributed by atoms with Gasteiger partial charge in [0.05, 0.1) is 12.2 Å². The molecule has 0 saturated carbocycles. The highest BCUT2D eigenvalue weighted by Gasteiger charge is 2.18. The van der Waals surface area contributed by atoms with Gasteiger partial charge in [-0.05, 0) is 25.1 Å². The molecule has 0 aliphatic carbocycles. The second-order valence-electron chi connectivity index (χ2n) is 5.48. The number of hydrogen-bond acceptors (Lipinski definition) is 2. The first kappa shape index (κ1) is 15.9. The van der Waals surface area contributed by atoms with Gasteiger partial charge in [0.15, 0.2) is 0 Å². The quantitative estimate of drug-likeness (QED) is 0.793. The Kier molecular flexibility index (Phi) is 4.12. The smallest absolute Gasteiger partial charge is 0.319 e. The molecule has 2 amide bonds. The summed E-state index contributed by atoms with van der Waals surface area (Å²) in [7, 11) is 0. The molecule has 122 valence electrons. The number of nitrogens with two attached hydrogens (primary N) is 1. The maximum Gasteiger partial charge on any atom is 0.319 e. The molecule has 0 fully saturated rings. The Balaban J connectivity index is 2.09. The zero-order valence-electron chi connectivity index (χ0n) is 13.0. The van der Waals surface area contributed by atoms with Gasteiger partial charge in [0.1, 0.15) is 11.6 Å². The van der Waals surface area contributed by atoms with E-state index in [0.29, 0.717) is 5.69 Å². The van der Waals surface area contributed by atoms with Gasteiger partial charge >= 0.3 is 6.03 Å². The van der Waals surface area contributed by atoms with Crippen LogP contribution in [0.3, 0.4) is 0 Å². The minimum Gasteiger partial charge on any atom is -0.351 e. The summed E-state index contributed by atoms with van der Waals surface area (Å²) < 4.78 is 27.0. The number of amides is 2. The summed E-state index contributed by atoms with van der Waals surface area (Å²) in [6.45, 7) is 1.74. The standard InChI is InChI=1S/C18H15F2N3O/c1-11-7-15-12(9-22-11)3-2-4-17(15)23(18(21)24)10-13-5-6-14(19)8-16(13)20/h2-9H,10H2,1H3,(H2,21,24). The van der Waals surface area contributed by atoms with Crippen LogP contribution in [0.5, 0.6) is 0 Å². The van der Waals surface area contributed by atoms with Gasteiger partial charge in [0.25, 0.3) is 0 Å².